The van der Waals surface area contributed by atoms with E-state index in [0.29, 0.717) is 19.3 Å². The minimum absolute atomic E-state index is 0. The van der Waals surface area contributed by atoms with Crippen molar-refractivity contribution in [1.82, 2.24) is 10.2 Å². The van der Waals surface area contributed by atoms with Gasteiger partial charge in [0.15, 0.2) is 0 Å². The first-order chi connectivity index (χ1) is 9.90. The van der Waals surface area contributed by atoms with Crippen LogP contribution in [0.1, 0.15) is 25.3 Å². The molecule has 2 atom stereocenters. The third-order valence-corrected chi connectivity index (χ3v) is 3.18. The van der Waals surface area contributed by atoms with Crippen LogP contribution in [0.15, 0.2) is 30.3 Å². The number of nitrogens with two attached hydrogens (primary N) is 1. The number of rotatable bonds is 7. The summed E-state index contributed by atoms with van der Waals surface area (Å²) in [5.74, 6) is -0.239. The van der Waals surface area contributed by atoms with Crippen molar-refractivity contribution in [1.29, 1.82) is 0 Å². The molecule has 0 radical (unpaired) electrons. The first-order valence-corrected chi connectivity index (χ1v) is 7.20. The fourth-order valence-electron chi connectivity index (χ4n) is 1.99. The fourth-order valence-corrected chi connectivity index (χ4v) is 1.99. The largest absolute Gasteiger partial charge is 0.347 e. The van der Waals surface area contributed by atoms with Crippen LogP contribution in [-0.4, -0.2) is 42.9 Å². The first-order valence-electron chi connectivity index (χ1n) is 7.20. The Bertz CT molecular complexity index is 464. The number of hydrogen-bond acceptors (Lipinski definition) is 3. The molecule has 1 rings (SSSR count). The molecular weight excluding hydrogens is 302 g/mol. The van der Waals surface area contributed by atoms with Gasteiger partial charge in [0.1, 0.15) is 6.04 Å². The molecular formula is C16H26ClN3O2. The summed E-state index contributed by atoms with van der Waals surface area (Å²) < 4.78 is 0. The highest BCUT2D eigenvalue weighted by Crippen LogP contribution is 2.06. The van der Waals surface area contributed by atoms with Crippen LogP contribution in [-0.2, 0) is 16.0 Å². The van der Waals surface area contributed by atoms with Gasteiger partial charge in [-0.25, -0.2) is 0 Å². The molecule has 6 heteroatoms. The van der Waals surface area contributed by atoms with Crippen molar-refractivity contribution in [2.75, 3.05) is 14.1 Å². The van der Waals surface area contributed by atoms with Gasteiger partial charge in [-0.2, -0.15) is 0 Å². The van der Waals surface area contributed by atoms with Gasteiger partial charge in [-0.1, -0.05) is 30.3 Å². The predicted octanol–water partition coefficient (Wildman–Crippen LogP) is 1.35. The number of carbonyl (C=O) groups is 2. The highest BCUT2D eigenvalue weighted by Gasteiger charge is 2.22. The summed E-state index contributed by atoms with van der Waals surface area (Å²) in [5.41, 5.74) is 6.67. The summed E-state index contributed by atoms with van der Waals surface area (Å²) in [6.07, 6.45) is 1.44. The van der Waals surface area contributed by atoms with E-state index in [9.17, 15) is 9.59 Å². The zero-order valence-corrected chi connectivity index (χ0v) is 14.2. The SMILES string of the molecule is CC(N)CCC(=O)NC(Cc1ccccc1)C(=O)N(C)C.Cl. The fraction of sp³-hybridized carbons (Fsp3) is 0.500. The summed E-state index contributed by atoms with van der Waals surface area (Å²) in [7, 11) is 3.38. The van der Waals surface area contributed by atoms with E-state index < -0.39 is 6.04 Å². The second-order valence-electron chi connectivity index (χ2n) is 5.56. The Labute approximate surface area is 138 Å². The van der Waals surface area contributed by atoms with Crippen LogP contribution in [0, 0.1) is 0 Å². The summed E-state index contributed by atoms with van der Waals surface area (Å²) in [5, 5.41) is 2.82. The van der Waals surface area contributed by atoms with Crippen molar-refractivity contribution in [2.24, 2.45) is 5.73 Å². The van der Waals surface area contributed by atoms with Gasteiger partial charge in [0.2, 0.25) is 11.8 Å². The van der Waals surface area contributed by atoms with Crippen molar-refractivity contribution in [3.8, 4) is 0 Å². The molecule has 2 unspecified atom stereocenters. The zero-order valence-electron chi connectivity index (χ0n) is 13.4. The summed E-state index contributed by atoms with van der Waals surface area (Å²) in [6.45, 7) is 1.86. The lowest BCUT2D eigenvalue weighted by molar-refractivity contribution is -0.134. The standard InChI is InChI=1S/C16H25N3O2.ClH/c1-12(17)9-10-15(20)18-14(16(21)19(2)3)11-13-7-5-4-6-8-13;/h4-8,12,14H,9-11,17H2,1-3H3,(H,18,20);1H. The van der Waals surface area contributed by atoms with Crippen molar-refractivity contribution < 1.29 is 9.59 Å². The van der Waals surface area contributed by atoms with Gasteiger partial charge in [-0.3, -0.25) is 9.59 Å². The number of carbonyl (C=O) groups excluding carboxylic acids is 2. The van der Waals surface area contributed by atoms with E-state index in [2.05, 4.69) is 5.32 Å². The second-order valence-corrected chi connectivity index (χ2v) is 5.56. The highest BCUT2D eigenvalue weighted by atomic mass is 35.5. The van der Waals surface area contributed by atoms with E-state index in [0.717, 1.165) is 5.56 Å². The predicted molar refractivity (Wildman–Crippen MR) is 90.9 cm³/mol. The Kier molecular flexibility index (Phi) is 9.45. The van der Waals surface area contributed by atoms with Crippen molar-refractivity contribution in [3.05, 3.63) is 35.9 Å². The maximum atomic E-state index is 12.2. The number of benzene rings is 1. The molecule has 0 heterocycles. The lowest BCUT2D eigenvalue weighted by atomic mass is 10.0. The zero-order chi connectivity index (χ0) is 15.8. The van der Waals surface area contributed by atoms with E-state index in [1.54, 1.807) is 14.1 Å². The van der Waals surface area contributed by atoms with Gasteiger partial charge >= 0.3 is 0 Å². The molecule has 5 nitrogen and oxygen atoms in total. The van der Waals surface area contributed by atoms with Crippen LogP contribution in [0.25, 0.3) is 0 Å². The molecule has 22 heavy (non-hydrogen) atoms. The Morgan fingerprint density at radius 1 is 1.23 bits per heavy atom. The smallest absolute Gasteiger partial charge is 0.244 e. The van der Waals surface area contributed by atoms with Crippen LogP contribution >= 0.6 is 12.4 Å². The summed E-state index contributed by atoms with van der Waals surface area (Å²) in [6, 6.07) is 9.10. The average molecular weight is 328 g/mol. The number of nitrogens with one attached hydrogen (secondary N) is 1. The lowest BCUT2D eigenvalue weighted by Gasteiger charge is -2.22. The van der Waals surface area contributed by atoms with E-state index in [-0.39, 0.29) is 30.3 Å². The van der Waals surface area contributed by atoms with Gasteiger partial charge < -0.3 is 16.0 Å². The maximum absolute atomic E-state index is 12.2. The number of halogens is 1. The molecule has 0 aliphatic carbocycles. The van der Waals surface area contributed by atoms with Crippen LogP contribution in [0.3, 0.4) is 0 Å². The molecule has 1 aromatic carbocycles. The molecule has 0 saturated heterocycles. The maximum Gasteiger partial charge on any atom is 0.244 e. The molecule has 0 bridgehead atoms. The molecule has 0 aliphatic rings. The number of hydrogen-bond donors (Lipinski definition) is 2. The Morgan fingerprint density at radius 3 is 2.32 bits per heavy atom. The van der Waals surface area contributed by atoms with E-state index in [1.807, 2.05) is 37.3 Å². The van der Waals surface area contributed by atoms with E-state index in [4.69, 9.17) is 5.73 Å². The summed E-state index contributed by atoms with van der Waals surface area (Å²) in [4.78, 5) is 25.6. The molecule has 1 aromatic rings. The van der Waals surface area contributed by atoms with Gasteiger partial charge in [0.05, 0.1) is 0 Å². The van der Waals surface area contributed by atoms with Crippen molar-refractivity contribution >= 4 is 24.2 Å². The molecule has 0 spiro atoms. The molecule has 124 valence electrons. The monoisotopic (exact) mass is 327 g/mol. The van der Waals surface area contributed by atoms with Gasteiger partial charge in [-0.15, -0.1) is 12.4 Å². The third kappa shape index (κ3) is 7.43. The van der Waals surface area contributed by atoms with Crippen LogP contribution in [0.5, 0.6) is 0 Å². The number of amides is 2. The van der Waals surface area contributed by atoms with Gasteiger partial charge in [-0.05, 0) is 18.9 Å². The van der Waals surface area contributed by atoms with Crippen molar-refractivity contribution in [2.45, 2.75) is 38.3 Å². The Hall–Kier alpha value is -1.59. The first kappa shape index (κ1) is 20.4. The van der Waals surface area contributed by atoms with E-state index in [1.165, 1.54) is 4.90 Å². The summed E-state index contributed by atoms with van der Waals surface area (Å²) >= 11 is 0. The minimum Gasteiger partial charge on any atom is -0.347 e. The van der Waals surface area contributed by atoms with Crippen LogP contribution in [0.2, 0.25) is 0 Å². The minimum atomic E-state index is -0.539. The van der Waals surface area contributed by atoms with E-state index >= 15 is 0 Å². The normalized spacial score (nSPS) is 12.7. The molecule has 0 saturated carbocycles. The average Bonchev–Trinajstić information content (AvgIpc) is 2.44. The number of likely N-dealkylation sites (N-methyl/N-ethyl adjacent to an activating group) is 1. The van der Waals surface area contributed by atoms with Gasteiger partial charge in [0.25, 0.3) is 0 Å². The third-order valence-electron chi connectivity index (χ3n) is 3.18. The quantitative estimate of drug-likeness (QED) is 0.793. The van der Waals surface area contributed by atoms with Crippen LogP contribution < -0.4 is 11.1 Å². The molecule has 2 amide bonds. The van der Waals surface area contributed by atoms with Crippen LogP contribution in [0.4, 0.5) is 0 Å². The number of nitrogens with zero attached hydrogens (tertiary/aromatic N) is 1. The highest BCUT2D eigenvalue weighted by molar-refractivity contribution is 5.87. The Balaban J connectivity index is 0.00000441. The molecule has 0 aromatic heterocycles. The molecule has 0 aliphatic heterocycles. The Morgan fingerprint density at radius 2 is 1.82 bits per heavy atom. The van der Waals surface area contributed by atoms with Crippen molar-refractivity contribution in [3.63, 3.8) is 0 Å². The topological polar surface area (TPSA) is 75.4 Å². The lowest BCUT2D eigenvalue weighted by Crippen LogP contribution is -2.47. The van der Waals surface area contributed by atoms with Gasteiger partial charge in [0, 0.05) is 33.0 Å². The molecule has 3 N–H and O–H groups in total. The molecule has 0 fully saturated rings. The second kappa shape index (κ2) is 10.2.